The molecule has 178 valence electrons. The molecule has 0 aliphatic rings. The van der Waals surface area contributed by atoms with E-state index in [1.807, 2.05) is 66.1 Å². The van der Waals surface area contributed by atoms with Crippen molar-refractivity contribution >= 4 is 52.5 Å². The van der Waals surface area contributed by atoms with E-state index in [1.54, 1.807) is 12.1 Å². The lowest BCUT2D eigenvalue weighted by molar-refractivity contribution is -0.113. The van der Waals surface area contributed by atoms with Crippen molar-refractivity contribution in [1.82, 2.24) is 20.1 Å². The van der Waals surface area contributed by atoms with Gasteiger partial charge in [-0.05, 0) is 55.0 Å². The van der Waals surface area contributed by atoms with Crippen LogP contribution in [-0.4, -0.2) is 32.3 Å². The molecule has 35 heavy (non-hydrogen) atoms. The molecule has 0 unspecified atom stereocenters. The summed E-state index contributed by atoms with van der Waals surface area (Å²) in [4.78, 5) is 25.2. The first kappa shape index (κ1) is 24.8. The highest BCUT2D eigenvalue weighted by Gasteiger charge is 2.18. The number of benzene rings is 3. The largest absolute Gasteiger partial charge is 0.345 e. The molecule has 0 aliphatic carbocycles. The van der Waals surface area contributed by atoms with Crippen LogP contribution in [0.4, 0.5) is 5.69 Å². The highest BCUT2D eigenvalue weighted by molar-refractivity contribution is 7.99. The summed E-state index contributed by atoms with van der Waals surface area (Å²) in [6.45, 7) is 2.07. The van der Waals surface area contributed by atoms with Gasteiger partial charge in [0.25, 0.3) is 5.91 Å². The van der Waals surface area contributed by atoms with Crippen molar-refractivity contribution in [2.45, 2.75) is 18.6 Å². The average Bonchev–Trinajstić information content (AvgIpc) is 3.24. The lowest BCUT2D eigenvalue weighted by Gasteiger charge is -2.11. The van der Waals surface area contributed by atoms with E-state index in [-0.39, 0.29) is 29.1 Å². The summed E-state index contributed by atoms with van der Waals surface area (Å²) in [7, 11) is 0. The Kier molecular flexibility index (Phi) is 8.07. The van der Waals surface area contributed by atoms with Gasteiger partial charge in [0, 0.05) is 16.4 Å². The first-order chi connectivity index (χ1) is 16.9. The van der Waals surface area contributed by atoms with E-state index in [0.29, 0.717) is 21.6 Å². The van der Waals surface area contributed by atoms with Crippen LogP contribution in [0.2, 0.25) is 10.0 Å². The summed E-state index contributed by atoms with van der Waals surface area (Å²) in [6, 6.07) is 21.8. The van der Waals surface area contributed by atoms with Gasteiger partial charge in [-0.3, -0.25) is 14.2 Å². The molecule has 0 radical (unpaired) electrons. The van der Waals surface area contributed by atoms with Crippen LogP contribution < -0.4 is 10.6 Å². The topological polar surface area (TPSA) is 88.9 Å². The zero-order valence-corrected chi connectivity index (χ0v) is 21.0. The number of anilines is 1. The van der Waals surface area contributed by atoms with Crippen LogP contribution in [0.25, 0.3) is 5.69 Å². The third kappa shape index (κ3) is 6.42. The SMILES string of the molecule is Cc1cccc(NC(=O)CSc2nnc(CNC(=O)c3ccc(Cl)cc3Cl)n2-c2ccccc2)c1. The second-order valence-corrected chi connectivity index (χ2v) is 9.37. The molecule has 2 N–H and O–H groups in total. The maximum absolute atomic E-state index is 12.7. The highest BCUT2D eigenvalue weighted by atomic mass is 35.5. The average molecular weight is 526 g/mol. The number of aromatic nitrogens is 3. The van der Waals surface area contributed by atoms with Crippen LogP contribution in [0.1, 0.15) is 21.7 Å². The molecule has 0 saturated heterocycles. The van der Waals surface area contributed by atoms with Gasteiger partial charge in [-0.25, -0.2) is 0 Å². The predicted molar refractivity (Wildman–Crippen MR) is 140 cm³/mol. The van der Waals surface area contributed by atoms with Gasteiger partial charge in [0.1, 0.15) is 0 Å². The second-order valence-electron chi connectivity index (χ2n) is 7.58. The van der Waals surface area contributed by atoms with E-state index in [4.69, 9.17) is 23.2 Å². The summed E-state index contributed by atoms with van der Waals surface area (Å²) >= 11 is 13.3. The second kappa shape index (κ2) is 11.4. The Morgan fingerprint density at radius 2 is 1.77 bits per heavy atom. The molecule has 3 aromatic carbocycles. The Hall–Kier alpha value is -3.33. The highest BCUT2D eigenvalue weighted by Crippen LogP contribution is 2.24. The smallest absolute Gasteiger partial charge is 0.253 e. The minimum absolute atomic E-state index is 0.107. The molecule has 0 spiro atoms. The number of hydrogen-bond acceptors (Lipinski definition) is 5. The van der Waals surface area contributed by atoms with E-state index in [2.05, 4.69) is 20.8 Å². The molecule has 2 amide bonds. The number of thioether (sulfide) groups is 1. The first-order valence-corrected chi connectivity index (χ1v) is 12.4. The fraction of sp³-hybridized carbons (Fsp3) is 0.120. The molecule has 0 fully saturated rings. The third-order valence-corrected chi connectivity index (χ3v) is 6.41. The zero-order valence-electron chi connectivity index (χ0n) is 18.7. The molecule has 0 atom stereocenters. The Morgan fingerprint density at radius 3 is 2.51 bits per heavy atom. The summed E-state index contributed by atoms with van der Waals surface area (Å²) in [5, 5.41) is 15.5. The van der Waals surface area contributed by atoms with E-state index in [0.717, 1.165) is 16.9 Å². The lowest BCUT2D eigenvalue weighted by atomic mass is 10.2. The summed E-state index contributed by atoms with van der Waals surface area (Å²) in [6.07, 6.45) is 0. The molecular weight excluding hydrogens is 505 g/mol. The van der Waals surface area contributed by atoms with Crippen LogP contribution in [0.5, 0.6) is 0 Å². The van der Waals surface area contributed by atoms with Gasteiger partial charge in [0.05, 0.1) is 22.9 Å². The molecule has 7 nitrogen and oxygen atoms in total. The predicted octanol–water partition coefficient (Wildman–Crippen LogP) is 5.54. The summed E-state index contributed by atoms with van der Waals surface area (Å²) in [5.74, 6) is 0.138. The maximum atomic E-state index is 12.7. The quantitative estimate of drug-likeness (QED) is 0.294. The van der Waals surface area contributed by atoms with Gasteiger partial charge in [-0.2, -0.15) is 0 Å². The number of carbonyl (C=O) groups excluding carboxylic acids is 2. The molecule has 10 heteroatoms. The van der Waals surface area contributed by atoms with Gasteiger partial charge in [0.15, 0.2) is 11.0 Å². The molecule has 4 aromatic rings. The minimum atomic E-state index is -0.360. The van der Waals surface area contributed by atoms with Crippen LogP contribution in [0, 0.1) is 6.92 Å². The normalized spacial score (nSPS) is 10.7. The number of hydrogen-bond donors (Lipinski definition) is 2. The molecule has 0 saturated carbocycles. The van der Waals surface area contributed by atoms with E-state index < -0.39 is 0 Å². The fourth-order valence-corrected chi connectivity index (χ4v) is 4.59. The fourth-order valence-electron chi connectivity index (χ4n) is 3.32. The number of aryl methyl sites for hydroxylation is 1. The number of carbonyl (C=O) groups is 2. The lowest BCUT2D eigenvalue weighted by Crippen LogP contribution is -2.25. The standard InChI is InChI=1S/C25H21Cl2N5O2S/c1-16-6-5-7-18(12-16)29-23(33)15-35-25-31-30-22(32(25)19-8-3-2-4-9-19)14-28-24(34)20-11-10-17(26)13-21(20)27/h2-13H,14-15H2,1H3,(H,28,34)(H,29,33). The molecule has 0 bridgehead atoms. The van der Waals surface area contributed by atoms with Crippen molar-refractivity contribution in [2.24, 2.45) is 0 Å². The van der Waals surface area contributed by atoms with Gasteiger partial charge in [-0.15, -0.1) is 10.2 Å². The Labute approximate surface area is 216 Å². The van der Waals surface area contributed by atoms with Crippen molar-refractivity contribution in [3.8, 4) is 5.69 Å². The van der Waals surface area contributed by atoms with Crippen molar-refractivity contribution in [3.63, 3.8) is 0 Å². The number of nitrogens with one attached hydrogen (secondary N) is 2. The number of halogens is 2. The Balaban J connectivity index is 1.49. The minimum Gasteiger partial charge on any atom is -0.345 e. The summed E-state index contributed by atoms with van der Waals surface area (Å²) < 4.78 is 1.81. The molecule has 1 aromatic heterocycles. The summed E-state index contributed by atoms with van der Waals surface area (Å²) in [5.41, 5.74) is 2.92. The third-order valence-electron chi connectivity index (χ3n) is 4.93. The van der Waals surface area contributed by atoms with Crippen LogP contribution in [0.3, 0.4) is 0 Å². The Bertz CT molecular complexity index is 1360. The van der Waals surface area contributed by atoms with Crippen LogP contribution in [0.15, 0.2) is 78.0 Å². The maximum Gasteiger partial charge on any atom is 0.253 e. The van der Waals surface area contributed by atoms with Crippen LogP contribution >= 0.6 is 35.0 Å². The van der Waals surface area contributed by atoms with Crippen molar-refractivity contribution in [1.29, 1.82) is 0 Å². The number of nitrogens with zero attached hydrogens (tertiary/aromatic N) is 3. The van der Waals surface area contributed by atoms with Crippen molar-refractivity contribution in [3.05, 3.63) is 99.8 Å². The van der Waals surface area contributed by atoms with Gasteiger partial charge >= 0.3 is 0 Å². The molecule has 0 aliphatic heterocycles. The van der Waals surface area contributed by atoms with E-state index in [1.165, 1.54) is 17.8 Å². The van der Waals surface area contributed by atoms with Gasteiger partial charge < -0.3 is 10.6 Å². The van der Waals surface area contributed by atoms with E-state index in [9.17, 15) is 9.59 Å². The van der Waals surface area contributed by atoms with Crippen LogP contribution in [-0.2, 0) is 11.3 Å². The number of amides is 2. The van der Waals surface area contributed by atoms with Gasteiger partial charge in [0.2, 0.25) is 5.91 Å². The molecule has 4 rings (SSSR count). The molecule has 1 heterocycles. The van der Waals surface area contributed by atoms with E-state index >= 15 is 0 Å². The first-order valence-electron chi connectivity index (χ1n) is 10.6. The number of rotatable bonds is 8. The zero-order chi connectivity index (χ0) is 24.8. The number of para-hydroxylation sites is 1. The van der Waals surface area contributed by atoms with Gasteiger partial charge in [-0.1, -0.05) is 65.3 Å². The molecular formula is C25H21Cl2N5O2S. The monoisotopic (exact) mass is 525 g/mol. The van der Waals surface area contributed by atoms with Crippen molar-refractivity contribution < 1.29 is 9.59 Å². The van der Waals surface area contributed by atoms with Crippen molar-refractivity contribution in [2.75, 3.05) is 11.1 Å². The Morgan fingerprint density at radius 1 is 0.971 bits per heavy atom.